The number of fused-ring (bicyclic) bond motifs is 5. The van der Waals surface area contributed by atoms with Gasteiger partial charge in [0.1, 0.15) is 11.5 Å². The van der Waals surface area contributed by atoms with E-state index in [9.17, 15) is 0 Å². The monoisotopic (exact) mass is 273 g/mol. The summed E-state index contributed by atoms with van der Waals surface area (Å²) in [6.07, 6.45) is 0. The summed E-state index contributed by atoms with van der Waals surface area (Å²) in [5.41, 5.74) is 2.67. The van der Waals surface area contributed by atoms with Gasteiger partial charge < -0.3 is 10.1 Å². The Morgan fingerprint density at radius 2 is 1.26 bits per heavy atom. The predicted molar refractivity (Wildman–Crippen MR) is 78.6 cm³/mol. The normalized spacial score (nSPS) is 23.2. The van der Waals surface area contributed by atoms with Gasteiger partial charge in [0.05, 0.1) is 0 Å². The van der Waals surface area contributed by atoms with E-state index in [2.05, 4.69) is 41.7 Å². The Labute approximate surface area is 119 Å². The molecule has 4 rings (SSSR count). The van der Waals surface area contributed by atoms with E-state index in [1.165, 1.54) is 11.1 Å². The van der Waals surface area contributed by atoms with Gasteiger partial charge in [-0.3, -0.25) is 0 Å². The van der Waals surface area contributed by atoms with Gasteiger partial charge in [-0.25, -0.2) is 0 Å². The first-order valence-electron chi connectivity index (χ1n) is 6.50. The second-order valence-electron chi connectivity index (χ2n) is 5.05. The number of hydrogen-bond acceptors (Lipinski definition) is 2. The molecule has 2 aliphatic heterocycles. The summed E-state index contributed by atoms with van der Waals surface area (Å²) < 4.78 is 6.11. The van der Waals surface area contributed by atoms with Crippen LogP contribution in [0.4, 0.5) is 0 Å². The summed E-state index contributed by atoms with van der Waals surface area (Å²) in [4.78, 5) is 0. The molecule has 1 N–H and O–H groups in total. The molecule has 0 aliphatic carbocycles. The Bertz CT molecular complexity index is 547. The second-order valence-corrected chi connectivity index (χ2v) is 5.05. The van der Waals surface area contributed by atoms with Crippen LogP contribution in [-0.2, 0) is 0 Å². The number of para-hydroxylation sites is 2. The van der Waals surface area contributed by atoms with Crippen LogP contribution >= 0.6 is 12.4 Å². The zero-order valence-corrected chi connectivity index (χ0v) is 11.3. The lowest BCUT2D eigenvalue weighted by Gasteiger charge is -2.16. The molecule has 2 heterocycles. The molecule has 0 bridgehead atoms. The largest absolute Gasteiger partial charge is 0.457 e. The molecule has 3 heteroatoms. The number of rotatable bonds is 0. The third kappa shape index (κ3) is 1.92. The smallest absolute Gasteiger partial charge is 0.130 e. The summed E-state index contributed by atoms with van der Waals surface area (Å²) in [6, 6.07) is 16.9. The molecule has 1 saturated heterocycles. The van der Waals surface area contributed by atoms with Gasteiger partial charge >= 0.3 is 0 Å². The van der Waals surface area contributed by atoms with Crippen LogP contribution in [0.1, 0.15) is 23.0 Å². The maximum absolute atomic E-state index is 6.11. The molecule has 2 aliphatic rings. The molecular formula is C16H16ClNO. The Hall–Kier alpha value is -1.51. The molecule has 0 spiro atoms. The van der Waals surface area contributed by atoms with E-state index < -0.39 is 0 Å². The van der Waals surface area contributed by atoms with Crippen LogP contribution in [0.15, 0.2) is 48.5 Å². The molecule has 1 fully saturated rings. The van der Waals surface area contributed by atoms with Crippen molar-refractivity contribution in [1.82, 2.24) is 5.32 Å². The first kappa shape index (κ1) is 12.5. The van der Waals surface area contributed by atoms with Crippen molar-refractivity contribution in [1.29, 1.82) is 0 Å². The maximum atomic E-state index is 6.11. The highest BCUT2D eigenvalue weighted by Gasteiger charge is 2.35. The molecule has 2 aromatic carbocycles. The van der Waals surface area contributed by atoms with Crippen LogP contribution in [0.2, 0.25) is 0 Å². The number of nitrogens with one attached hydrogen (secondary N) is 1. The summed E-state index contributed by atoms with van der Waals surface area (Å²) in [5, 5.41) is 3.52. The highest BCUT2D eigenvalue weighted by atomic mass is 35.5. The van der Waals surface area contributed by atoms with Crippen LogP contribution < -0.4 is 10.1 Å². The third-order valence-corrected chi connectivity index (χ3v) is 4.07. The molecule has 98 valence electrons. The van der Waals surface area contributed by atoms with Gasteiger partial charge in [0, 0.05) is 24.9 Å². The third-order valence-electron chi connectivity index (χ3n) is 4.07. The van der Waals surface area contributed by atoms with Gasteiger partial charge in [-0.05, 0) is 23.3 Å². The van der Waals surface area contributed by atoms with Gasteiger partial charge in [-0.2, -0.15) is 0 Å². The Morgan fingerprint density at radius 1 is 0.789 bits per heavy atom. The molecule has 0 radical (unpaired) electrons. The van der Waals surface area contributed by atoms with Gasteiger partial charge in [-0.1, -0.05) is 36.4 Å². The molecule has 19 heavy (non-hydrogen) atoms. The molecule has 2 unspecified atom stereocenters. The van der Waals surface area contributed by atoms with Crippen molar-refractivity contribution >= 4 is 12.4 Å². The molecule has 2 aromatic rings. The highest BCUT2D eigenvalue weighted by molar-refractivity contribution is 5.85. The van der Waals surface area contributed by atoms with E-state index in [0.29, 0.717) is 11.8 Å². The second kappa shape index (κ2) is 4.87. The number of halogens is 1. The van der Waals surface area contributed by atoms with Crippen LogP contribution in [0.5, 0.6) is 11.5 Å². The molecular weight excluding hydrogens is 258 g/mol. The van der Waals surface area contributed by atoms with Crippen LogP contribution in [0, 0.1) is 0 Å². The topological polar surface area (TPSA) is 21.3 Å². The van der Waals surface area contributed by atoms with Crippen molar-refractivity contribution in [3.8, 4) is 11.5 Å². The van der Waals surface area contributed by atoms with Gasteiger partial charge in [0.25, 0.3) is 0 Å². The van der Waals surface area contributed by atoms with Crippen LogP contribution in [-0.4, -0.2) is 13.1 Å². The Balaban J connectivity index is 0.00000110. The minimum absolute atomic E-state index is 0. The summed E-state index contributed by atoms with van der Waals surface area (Å²) >= 11 is 0. The zero-order chi connectivity index (χ0) is 11.9. The lowest BCUT2D eigenvalue weighted by atomic mass is 9.84. The number of ether oxygens (including phenoxy) is 1. The predicted octanol–water partition coefficient (Wildman–Crippen LogP) is 3.68. The molecule has 0 saturated carbocycles. The average Bonchev–Trinajstić information content (AvgIpc) is 2.84. The van der Waals surface area contributed by atoms with Crippen molar-refractivity contribution in [2.75, 3.05) is 13.1 Å². The van der Waals surface area contributed by atoms with Gasteiger partial charge in [-0.15, -0.1) is 12.4 Å². The first-order valence-corrected chi connectivity index (χ1v) is 6.50. The molecule has 0 amide bonds. The number of hydrogen-bond donors (Lipinski definition) is 1. The van der Waals surface area contributed by atoms with E-state index in [-0.39, 0.29) is 12.4 Å². The molecule has 2 atom stereocenters. The minimum Gasteiger partial charge on any atom is -0.457 e. The van der Waals surface area contributed by atoms with Crippen molar-refractivity contribution in [2.24, 2.45) is 0 Å². The minimum atomic E-state index is 0. The van der Waals surface area contributed by atoms with Crippen molar-refractivity contribution < 1.29 is 4.74 Å². The standard InChI is InChI=1S/C16H15NO.ClH/c1-3-7-15-11(5-1)13-9-17-10-14(13)12-6-2-4-8-16(12)18-15;/h1-8,13-14,17H,9-10H2;1H. The van der Waals surface area contributed by atoms with E-state index in [0.717, 1.165) is 24.6 Å². The maximum Gasteiger partial charge on any atom is 0.130 e. The highest BCUT2D eigenvalue weighted by Crippen LogP contribution is 2.47. The van der Waals surface area contributed by atoms with E-state index in [4.69, 9.17) is 4.74 Å². The fourth-order valence-electron chi connectivity index (χ4n) is 3.21. The summed E-state index contributed by atoms with van der Waals surface area (Å²) in [7, 11) is 0. The van der Waals surface area contributed by atoms with Gasteiger partial charge in [0.15, 0.2) is 0 Å². The lowest BCUT2D eigenvalue weighted by molar-refractivity contribution is 0.476. The summed E-state index contributed by atoms with van der Waals surface area (Å²) in [6.45, 7) is 2.08. The van der Waals surface area contributed by atoms with Crippen molar-refractivity contribution in [3.05, 3.63) is 59.7 Å². The lowest BCUT2D eigenvalue weighted by Crippen LogP contribution is -2.08. The summed E-state index contributed by atoms with van der Waals surface area (Å²) in [5.74, 6) is 3.09. The van der Waals surface area contributed by atoms with E-state index >= 15 is 0 Å². The zero-order valence-electron chi connectivity index (χ0n) is 10.5. The van der Waals surface area contributed by atoms with Crippen molar-refractivity contribution in [2.45, 2.75) is 11.8 Å². The first-order chi connectivity index (χ1) is 8.93. The SMILES string of the molecule is Cl.c1ccc2c(c1)Oc1ccccc1C1CNCC21. The van der Waals surface area contributed by atoms with Crippen molar-refractivity contribution in [3.63, 3.8) is 0 Å². The Kier molecular flexibility index (Phi) is 3.21. The van der Waals surface area contributed by atoms with Crippen LogP contribution in [0.3, 0.4) is 0 Å². The van der Waals surface area contributed by atoms with Crippen LogP contribution in [0.25, 0.3) is 0 Å². The fraction of sp³-hybridized carbons (Fsp3) is 0.250. The number of benzene rings is 2. The Morgan fingerprint density at radius 3 is 1.79 bits per heavy atom. The molecule has 0 aromatic heterocycles. The fourth-order valence-corrected chi connectivity index (χ4v) is 3.21. The average molecular weight is 274 g/mol. The van der Waals surface area contributed by atoms with Gasteiger partial charge in [0.2, 0.25) is 0 Å². The molecule has 2 nitrogen and oxygen atoms in total. The van der Waals surface area contributed by atoms with E-state index in [1.807, 2.05) is 12.1 Å². The van der Waals surface area contributed by atoms with E-state index in [1.54, 1.807) is 0 Å². The quantitative estimate of drug-likeness (QED) is 0.791.